The summed E-state index contributed by atoms with van der Waals surface area (Å²) in [4.78, 5) is 16.0. The first-order valence-corrected chi connectivity index (χ1v) is 14.8. The van der Waals surface area contributed by atoms with Gasteiger partial charge in [0, 0.05) is 26.2 Å². The first-order chi connectivity index (χ1) is 19.6. The molecule has 1 amide bonds. The first-order valence-electron chi connectivity index (χ1n) is 14.1. The van der Waals surface area contributed by atoms with Crippen LogP contribution < -0.4 is 10.6 Å². The van der Waals surface area contributed by atoms with Crippen LogP contribution in [-0.4, -0.2) is 55.1 Å². The molecule has 1 atom stereocenters. The molecule has 1 unspecified atom stereocenters. The third-order valence-corrected chi connectivity index (χ3v) is 5.48. The number of aromatic nitrogens is 2. The van der Waals surface area contributed by atoms with Gasteiger partial charge in [0.05, 0.1) is 34.0 Å². The Hall–Kier alpha value is -2.20. The number of hydrogen-bond donors (Lipinski definition) is 2. The zero-order chi connectivity index (χ0) is 32.1. The molecule has 0 aliphatic heterocycles. The van der Waals surface area contributed by atoms with Crippen molar-refractivity contribution in [2.45, 2.75) is 92.8 Å². The van der Waals surface area contributed by atoms with Gasteiger partial charge in [0.2, 0.25) is 0 Å². The number of unbranched alkanes of at least 4 members (excludes halogenated alkanes) is 3. The van der Waals surface area contributed by atoms with Crippen LogP contribution in [0.4, 0.5) is 13.6 Å². The number of carbonyl (C=O) groups excluding carboxylic acids is 1. The topological polar surface area (TPSA) is 77.4 Å². The van der Waals surface area contributed by atoms with Gasteiger partial charge < -0.3 is 24.7 Å². The maximum absolute atomic E-state index is 11.7. The highest BCUT2D eigenvalue weighted by atomic mass is 35.5. The molecule has 238 valence electrons. The summed E-state index contributed by atoms with van der Waals surface area (Å²) >= 11 is 12.0. The van der Waals surface area contributed by atoms with Crippen LogP contribution in [-0.2, 0) is 16.0 Å². The molecule has 1 aromatic heterocycles. The lowest BCUT2D eigenvalue weighted by Crippen LogP contribution is -2.40. The van der Waals surface area contributed by atoms with Gasteiger partial charge in [0.1, 0.15) is 6.61 Å². The van der Waals surface area contributed by atoms with Crippen molar-refractivity contribution in [1.82, 2.24) is 20.2 Å². The summed E-state index contributed by atoms with van der Waals surface area (Å²) in [5, 5.41) is 6.80. The predicted molar refractivity (Wildman–Crippen MR) is 171 cm³/mol. The predicted octanol–water partition coefficient (Wildman–Crippen LogP) is 9.28. The number of rotatable bonds is 13. The van der Waals surface area contributed by atoms with E-state index in [1.165, 1.54) is 25.7 Å². The van der Waals surface area contributed by atoms with Gasteiger partial charge in [-0.25, -0.2) is 9.78 Å². The molecule has 0 spiro atoms. The normalized spacial score (nSPS) is 10.3. The number of fused-ring (bicyclic) bond motifs is 1. The third-order valence-electron chi connectivity index (χ3n) is 4.76. The first kappa shape index (κ1) is 43.3. The largest absolute Gasteiger partial charge is 0.448 e. The van der Waals surface area contributed by atoms with E-state index in [1.54, 1.807) is 24.5 Å². The summed E-state index contributed by atoms with van der Waals surface area (Å²) in [6.07, 6.45) is 11.5. The zero-order valence-corrected chi connectivity index (χ0v) is 27.5. The number of benzene rings is 1. The summed E-state index contributed by atoms with van der Waals surface area (Å²) in [5.74, 6) is 0. The van der Waals surface area contributed by atoms with Gasteiger partial charge in [-0.2, -0.15) is 8.78 Å². The minimum absolute atomic E-state index is 0.0347. The molecule has 41 heavy (non-hydrogen) atoms. The summed E-state index contributed by atoms with van der Waals surface area (Å²) < 4.78 is 31.6. The molecule has 0 saturated carbocycles. The average molecular weight is 626 g/mol. The van der Waals surface area contributed by atoms with Crippen molar-refractivity contribution in [2.24, 2.45) is 0 Å². The molecule has 1 heterocycles. The standard InChI is InChI=1S/C16H20Cl2N4O2.C6H14.C4H8.C2H4F2O.C2H6/c1-3-4-19-9-11(2)21-16(23)24-6-5-22-10-20-14-7-12(17)13(18)8-15(14)22;1-3-5-6-4-2;1-3-4-2;1-5-2(3)4;1-2/h3,7-8,10-11,19H,1,4-6,9H2,2H3,(H,21,23);3-6H2,1-2H3;3H,1,4H2,2H3;2H,1H3;1-2H3. The van der Waals surface area contributed by atoms with Crippen LogP contribution >= 0.6 is 23.2 Å². The minimum atomic E-state index is -2.62. The number of hydrogen-bond acceptors (Lipinski definition) is 5. The lowest BCUT2D eigenvalue weighted by atomic mass is 10.2. The smallest absolute Gasteiger partial charge is 0.407 e. The molecule has 0 aliphatic rings. The second kappa shape index (κ2) is 30.8. The van der Waals surface area contributed by atoms with Crippen molar-refractivity contribution < 1.29 is 23.0 Å². The van der Waals surface area contributed by atoms with Crippen LogP contribution in [0.5, 0.6) is 0 Å². The van der Waals surface area contributed by atoms with E-state index in [4.69, 9.17) is 27.9 Å². The fourth-order valence-corrected chi connectivity index (χ4v) is 2.98. The van der Waals surface area contributed by atoms with E-state index in [-0.39, 0.29) is 12.6 Å². The van der Waals surface area contributed by atoms with Gasteiger partial charge in [0.15, 0.2) is 0 Å². The number of carbonyl (C=O) groups is 1. The number of ether oxygens (including phenoxy) is 2. The van der Waals surface area contributed by atoms with E-state index in [0.29, 0.717) is 29.7 Å². The van der Waals surface area contributed by atoms with Crippen molar-refractivity contribution >= 4 is 40.3 Å². The second-order valence-electron chi connectivity index (χ2n) is 8.22. The van der Waals surface area contributed by atoms with E-state index in [9.17, 15) is 13.6 Å². The van der Waals surface area contributed by atoms with Crippen LogP contribution in [0.15, 0.2) is 43.8 Å². The highest BCUT2D eigenvalue weighted by molar-refractivity contribution is 6.42. The maximum Gasteiger partial charge on any atom is 0.407 e. The van der Waals surface area contributed by atoms with Gasteiger partial charge >= 0.3 is 12.7 Å². The summed E-state index contributed by atoms with van der Waals surface area (Å²) in [6.45, 7) is 18.9. The van der Waals surface area contributed by atoms with Crippen LogP contribution in [0.25, 0.3) is 11.0 Å². The number of methoxy groups -OCH3 is 1. The van der Waals surface area contributed by atoms with Gasteiger partial charge in [-0.3, -0.25) is 0 Å². The summed E-state index contributed by atoms with van der Waals surface area (Å²) in [7, 11) is 0.949. The Morgan fingerprint density at radius 2 is 1.63 bits per heavy atom. The molecule has 0 fully saturated rings. The van der Waals surface area contributed by atoms with Crippen molar-refractivity contribution in [3.63, 3.8) is 0 Å². The van der Waals surface area contributed by atoms with Gasteiger partial charge in [-0.1, -0.05) is 95.7 Å². The summed E-state index contributed by atoms with van der Waals surface area (Å²) in [5.41, 5.74) is 1.59. The maximum atomic E-state index is 11.7. The van der Waals surface area contributed by atoms with Crippen LogP contribution in [0.2, 0.25) is 10.0 Å². The van der Waals surface area contributed by atoms with Crippen molar-refractivity contribution in [2.75, 3.05) is 26.8 Å². The molecule has 2 rings (SSSR count). The van der Waals surface area contributed by atoms with Crippen LogP contribution in [0, 0.1) is 0 Å². The minimum Gasteiger partial charge on any atom is -0.448 e. The molecule has 0 radical (unpaired) electrons. The van der Waals surface area contributed by atoms with Gasteiger partial charge in [0.25, 0.3) is 0 Å². The van der Waals surface area contributed by atoms with Crippen LogP contribution in [0.1, 0.15) is 73.6 Å². The molecule has 1 aromatic carbocycles. The number of alkyl carbamates (subject to hydrolysis) is 1. The third kappa shape index (κ3) is 25.3. The molecular weight excluding hydrogens is 573 g/mol. The Balaban J connectivity index is -0.000000696. The molecular formula is C30H52Cl2F2N4O3. The van der Waals surface area contributed by atoms with E-state index >= 15 is 0 Å². The fraction of sp³-hybridized carbons (Fsp3) is 0.600. The van der Waals surface area contributed by atoms with E-state index in [1.807, 2.05) is 31.4 Å². The van der Waals surface area contributed by atoms with Gasteiger partial charge in [-0.05, 0) is 25.5 Å². The second-order valence-corrected chi connectivity index (χ2v) is 9.04. The van der Waals surface area contributed by atoms with Crippen LogP contribution in [0.3, 0.4) is 0 Å². The Bertz CT molecular complexity index is 911. The molecule has 2 aromatic rings. The average Bonchev–Trinajstić information content (AvgIpc) is 3.35. The highest BCUT2D eigenvalue weighted by Crippen LogP contribution is 2.27. The van der Waals surface area contributed by atoms with E-state index in [0.717, 1.165) is 24.6 Å². The van der Waals surface area contributed by atoms with E-state index in [2.05, 4.69) is 54.3 Å². The van der Waals surface area contributed by atoms with Gasteiger partial charge in [-0.15, -0.1) is 13.2 Å². The Morgan fingerprint density at radius 1 is 1.10 bits per heavy atom. The number of imidazole rings is 1. The summed E-state index contributed by atoms with van der Waals surface area (Å²) in [6, 6.07) is 3.42. The van der Waals surface area contributed by atoms with Crippen molar-refractivity contribution in [3.8, 4) is 0 Å². The molecule has 2 N–H and O–H groups in total. The lowest BCUT2D eigenvalue weighted by Gasteiger charge is -2.14. The number of alkyl halides is 2. The lowest BCUT2D eigenvalue weighted by molar-refractivity contribution is -0.105. The highest BCUT2D eigenvalue weighted by Gasteiger charge is 2.10. The number of nitrogens with zero attached hydrogens (tertiary/aromatic N) is 2. The Morgan fingerprint density at radius 3 is 2.10 bits per heavy atom. The molecule has 11 heteroatoms. The SMILES string of the molecule is C=CCC.C=CCNCC(C)NC(=O)OCCn1cnc2cc(Cl)c(Cl)cc21.CC.CCCCCC.COC(F)F. The molecule has 7 nitrogen and oxygen atoms in total. The number of halogens is 4. The van der Waals surface area contributed by atoms with Crippen molar-refractivity contribution in [1.29, 1.82) is 0 Å². The number of amides is 1. The fourth-order valence-electron chi connectivity index (χ4n) is 2.66. The molecule has 0 aliphatic carbocycles. The quantitative estimate of drug-likeness (QED) is 0.171. The van der Waals surface area contributed by atoms with Crippen molar-refractivity contribution in [3.05, 3.63) is 53.8 Å². The number of allylic oxidation sites excluding steroid dienone is 1. The zero-order valence-electron chi connectivity index (χ0n) is 26.0. The van der Waals surface area contributed by atoms with E-state index < -0.39 is 12.7 Å². The monoisotopic (exact) mass is 624 g/mol. The molecule has 0 saturated heterocycles. The molecule has 0 bridgehead atoms. The Labute approximate surface area is 256 Å². The Kier molecular flexibility index (Phi) is 32.4. The number of nitrogens with one attached hydrogen (secondary N) is 2.